The van der Waals surface area contributed by atoms with Gasteiger partial charge in [0.25, 0.3) is 5.91 Å². The molecule has 0 bridgehead atoms. The number of fused-ring (bicyclic) bond motifs is 1. The molecule has 1 amide bonds. The number of para-hydroxylation sites is 1. The highest BCUT2D eigenvalue weighted by molar-refractivity contribution is 6.42. The lowest BCUT2D eigenvalue weighted by Crippen LogP contribution is -2.13. The average molecular weight is 481 g/mol. The Labute approximate surface area is 200 Å². The van der Waals surface area contributed by atoms with Crippen molar-refractivity contribution in [3.8, 4) is 6.07 Å². The van der Waals surface area contributed by atoms with Crippen LogP contribution in [0, 0.1) is 11.3 Å². The van der Waals surface area contributed by atoms with E-state index in [2.05, 4.69) is 5.32 Å². The number of carbonyl (C=O) groups is 1. The van der Waals surface area contributed by atoms with E-state index >= 15 is 0 Å². The van der Waals surface area contributed by atoms with Crippen molar-refractivity contribution in [1.29, 1.82) is 5.26 Å². The predicted octanol–water partition coefficient (Wildman–Crippen LogP) is 7.20. The van der Waals surface area contributed by atoms with Gasteiger partial charge in [-0.05, 0) is 54.1 Å². The number of benzene rings is 3. The molecule has 4 rings (SSSR count). The largest absolute Gasteiger partial charge is 0.342 e. The van der Waals surface area contributed by atoms with E-state index in [9.17, 15) is 10.1 Å². The second kappa shape index (κ2) is 9.50. The molecule has 32 heavy (non-hydrogen) atoms. The second-order valence-corrected chi connectivity index (χ2v) is 8.36. The van der Waals surface area contributed by atoms with Gasteiger partial charge in [0.1, 0.15) is 11.6 Å². The highest BCUT2D eigenvalue weighted by Gasteiger charge is 2.13. The number of hydrogen-bond donors (Lipinski definition) is 1. The Morgan fingerprint density at radius 2 is 1.75 bits per heavy atom. The first-order valence-corrected chi connectivity index (χ1v) is 10.8. The molecule has 0 fully saturated rings. The highest BCUT2D eigenvalue weighted by Crippen LogP contribution is 2.27. The molecule has 1 heterocycles. The first-order chi connectivity index (χ1) is 15.4. The van der Waals surface area contributed by atoms with Crippen molar-refractivity contribution in [2.24, 2.45) is 0 Å². The van der Waals surface area contributed by atoms with Crippen LogP contribution >= 0.6 is 34.8 Å². The van der Waals surface area contributed by atoms with Crippen molar-refractivity contribution in [3.05, 3.63) is 105 Å². The molecule has 0 radical (unpaired) electrons. The minimum Gasteiger partial charge on any atom is -0.342 e. The van der Waals surface area contributed by atoms with Gasteiger partial charge in [-0.3, -0.25) is 4.79 Å². The number of nitriles is 1. The molecule has 0 aliphatic carbocycles. The maximum absolute atomic E-state index is 12.7. The minimum absolute atomic E-state index is 0.00242. The lowest BCUT2D eigenvalue weighted by atomic mass is 10.1. The van der Waals surface area contributed by atoms with Crippen LogP contribution in [0.2, 0.25) is 15.1 Å². The third kappa shape index (κ3) is 4.81. The molecule has 0 atom stereocenters. The molecule has 1 N–H and O–H groups in total. The van der Waals surface area contributed by atoms with E-state index in [1.807, 2.05) is 53.2 Å². The van der Waals surface area contributed by atoms with Gasteiger partial charge in [0.05, 0.1) is 10.0 Å². The van der Waals surface area contributed by atoms with E-state index in [1.165, 1.54) is 0 Å². The maximum Gasteiger partial charge on any atom is 0.266 e. The molecular formula is C25H16Cl3N3O. The minimum atomic E-state index is -0.490. The molecule has 0 saturated heterocycles. The molecule has 3 aromatic carbocycles. The van der Waals surface area contributed by atoms with Gasteiger partial charge in [0.15, 0.2) is 0 Å². The number of nitrogens with one attached hydrogen (secondary N) is 1. The molecule has 0 aliphatic rings. The van der Waals surface area contributed by atoms with Crippen LogP contribution in [0.4, 0.5) is 5.69 Å². The summed E-state index contributed by atoms with van der Waals surface area (Å²) in [6.07, 6.45) is 3.51. The van der Waals surface area contributed by atoms with E-state index in [4.69, 9.17) is 34.8 Å². The van der Waals surface area contributed by atoms with Crippen LogP contribution in [0.5, 0.6) is 0 Å². The molecule has 1 aromatic heterocycles. The quantitative estimate of drug-likeness (QED) is 0.243. The third-order valence-corrected chi connectivity index (χ3v) is 5.91. The van der Waals surface area contributed by atoms with Crippen LogP contribution < -0.4 is 5.32 Å². The van der Waals surface area contributed by atoms with Crippen molar-refractivity contribution in [1.82, 2.24) is 4.57 Å². The zero-order valence-electron chi connectivity index (χ0n) is 16.6. The number of hydrogen-bond acceptors (Lipinski definition) is 2. The lowest BCUT2D eigenvalue weighted by molar-refractivity contribution is -0.112. The molecule has 158 valence electrons. The lowest BCUT2D eigenvalue weighted by Gasteiger charge is -2.06. The topological polar surface area (TPSA) is 57.8 Å². The number of anilines is 1. The summed E-state index contributed by atoms with van der Waals surface area (Å²) in [4.78, 5) is 12.7. The Morgan fingerprint density at radius 3 is 2.47 bits per heavy atom. The third-order valence-electron chi connectivity index (χ3n) is 4.92. The van der Waals surface area contributed by atoms with Crippen molar-refractivity contribution < 1.29 is 4.79 Å². The molecule has 4 nitrogen and oxygen atoms in total. The molecule has 4 aromatic rings. The van der Waals surface area contributed by atoms with Crippen LogP contribution in [0.15, 0.2) is 78.5 Å². The Morgan fingerprint density at radius 1 is 1.00 bits per heavy atom. The summed E-state index contributed by atoms with van der Waals surface area (Å²) in [6, 6.07) is 22.0. The Kier molecular flexibility index (Phi) is 6.53. The van der Waals surface area contributed by atoms with Gasteiger partial charge in [-0.1, -0.05) is 59.1 Å². The molecule has 7 heteroatoms. The Hall–Kier alpha value is -3.23. The van der Waals surface area contributed by atoms with Crippen LogP contribution in [0.1, 0.15) is 11.1 Å². The van der Waals surface area contributed by atoms with E-state index < -0.39 is 5.91 Å². The Bertz CT molecular complexity index is 1380. The number of nitrogens with zero attached hydrogens (tertiary/aromatic N) is 2. The van der Waals surface area contributed by atoms with E-state index in [0.717, 1.165) is 22.0 Å². The van der Waals surface area contributed by atoms with E-state index in [1.54, 1.807) is 36.4 Å². The van der Waals surface area contributed by atoms with Crippen molar-refractivity contribution >= 4 is 63.4 Å². The highest BCUT2D eigenvalue weighted by atomic mass is 35.5. The Balaban J connectivity index is 1.67. The maximum atomic E-state index is 12.7. The van der Waals surface area contributed by atoms with Gasteiger partial charge in [0.2, 0.25) is 0 Å². The van der Waals surface area contributed by atoms with Crippen LogP contribution in [0.3, 0.4) is 0 Å². The van der Waals surface area contributed by atoms with Gasteiger partial charge < -0.3 is 9.88 Å². The monoisotopic (exact) mass is 479 g/mol. The van der Waals surface area contributed by atoms with Gasteiger partial charge in [-0.2, -0.15) is 5.26 Å². The summed E-state index contributed by atoms with van der Waals surface area (Å²) in [7, 11) is 0. The van der Waals surface area contributed by atoms with Crippen molar-refractivity contribution in [2.75, 3.05) is 5.32 Å². The number of halogens is 3. The molecule has 0 unspecified atom stereocenters. The smallest absolute Gasteiger partial charge is 0.266 e. The summed E-state index contributed by atoms with van der Waals surface area (Å²) in [5, 5.41) is 14.8. The van der Waals surface area contributed by atoms with Gasteiger partial charge in [-0.25, -0.2) is 0 Å². The fraction of sp³-hybridized carbons (Fsp3) is 0.0400. The number of aromatic nitrogens is 1. The fourth-order valence-electron chi connectivity index (χ4n) is 3.39. The first kappa shape index (κ1) is 22.0. The normalized spacial score (nSPS) is 11.4. The number of rotatable bonds is 5. The summed E-state index contributed by atoms with van der Waals surface area (Å²) in [6.45, 7) is 0.560. The van der Waals surface area contributed by atoms with E-state index in [-0.39, 0.29) is 5.57 Å². The molecule has 0 spiro atoms. The fourth-order valence-corrected chi connectivity index (χ4v) is 3.84. The van der Waals surface area contributed by atoms with Gasteiger partial charge in [-0.15, -0.1) is 0 Å². The standard InChI is InChI=1S/C25H16Cl3N3O/c26-19-6-8-20(9-7-19)30-25(32)17(13-29)12-18-15-31(24-4-2-1-3-21(18)24)14-16-5-10-22(27)23(28)11-16/h1-12,15H,14H2,(H,30,32)/b17-12-. The van der Waals surface area contributed by atoms with Gasteiger partial charge in [0, 0.05) is 39.9 Å². The SMILES string of the molecule is N#C/C(=C/c1cn(Cc2ccc(Cl)c(Cl)c2)c2ccccc12)C(=O)Nc1ccc(Cl)cc1. The zero-order chi connectivity index (χ0) is 22.7. The summed E-state index contributed by atoms with van der Waals surface area (Å²) >= 11 is 18.1. The zero-order valence-corrected chi connectivity index (χ0v) is 18.9. The first-order valence-electron chi connectivity index (χ1n) is 9.65. The average Bonchev–Trinajstić information content (AvgIpc) is 3.13. The van der Waals surface area contributed by atoms with Crippen LogP contribution in [0.25, 0.3) is 17.0 Å². The van der Waals surface area contributed by atoms with Crippen molar-refractivity contribution in [3.63, 3.8) is 0 Å². The van der Waals surface area contributed by atoms with E-state index in [0.29, 0.717) is 27.3 Å². The van der Waals surface area contributed by atoms with Crippen LogP contribution in [-0.2, 0) is 11.3 Å². The number of carbonyl (C=O) groups excluding carboxylic acids is 1. The summed E-state index contributed by atoms with van der Waals surface area (Å²) in [5.41, 5.74) is 3.28. The number of amides is 1. The van der Waals surface area contributed by atoms with Crippen LogP contribution in [-0.4, -0.2) is 10.5 Å². The molecule has 0 aliphatic heterocycles. The summed E-state index contributed by atoms with van der Waals surface area (Å²) in [5.74, 6) is -0.490. The molecule has 0 saturated carbocycles. The molecular weight excluding hydrogens is 465 g/mol. The predicted molar refractivity (Wildman–Crippen MR) is 131 cm³/mol. The van der Waals surface area contributed by atoms with Gasteiger partial charge >= 0.3 is 0 Å². The van der Waals surface area contributed by atoms with Crippen molar-refractivity contribution in [2.45, 2.75) is 6.54 Å². The summed E-state index contributed by atoms with van der Waals surface area (Å²) < 4.78 is 2.05. The second-order valence-electron chi connectivity index (χ2n) is 7.11.